The van der Waals surface area contributed by atoms with E-state index in [0.29, 0.717) is 11.3 Å². The summed E-state index contributed by atoms with van der Waals surface area (Å²) in [6, 6.07) is 5.35. The highest BCUT2D eigenvalue weighted by atomic mass is 79.9. The van der Waals surface area contributed by atoms with Gasteiger partial charge in [-0.3, -0.25) is 4.98 Å². The van der Waals surface area contributed by atoms with E-state index < -0.39 is 0 Å². The van der Waals surface area contributed by atoms with Crippen molar-refractivity contribution in [3.63, 3.8) is 0 Å². The molecule has 0 fully saturated rings. The van der Waals surface area contributed by atoms with Crippen LogP contribution in [0, 0.1) is 5.82 Å². The van der Waals surface area contributed by atoms with Crippen molar-refractivity contribution in [1.29, 1.82) is 0 Å². The second kappa shape index (κ2) is 6.81. The zero-order valence-corrected chi connectivity index (χ0v) is 14.4. The van der Waals surface area contributed by atoms with E-state index in [-0.39, 0.29) is 12.4 Å². The molecule has 0 spiro atoms. The van der Waals surface area contributed by atoms with Gasteiger partial charge in [-0.05, 0) is 55.6 Å². The van der Waals surface area contributed by atoms with E-state index in [1.807, 2.05) is 12.1 Å². The van der Waals surface area contributed by atoms with Gasteiger partial charge in [0.1, 0.15) is 18.2 Å². The van der Waals surface area contributed by atoms with Crippen LogP contribution in [0.2, 0.25) is 0 Å². The van der Waals surface area contributed by atoms with Crippen molar-refractivity contribution >= 4 is 47.8 Å². The second-order valence-corrected chi connectivity index (χ2v) is 6.09. The third-order valence-corrected chi connectivity index (χ3v) is 4.18. The highest BCUT2D eigenvalue weighted by molar-refractivity contribution is 9.11. The number of ether oxygens (including phenoxy) is 1. The van der Waals surface area contributed by atoms with Crippen molar-refractivity contribution in [2.45, 2.75) is 11.9 Å². The van der Waals surface area contributed by atoms with Gasteiger partial charge < -0.3 is 4.74 Å². The highest BCUT2D eigenvalue weighted by Crippen LogP contribution is 2.35. The van der Waals surface area contributed by atoms with E-state index >= 15 is 0 Å². The van der Waals surface area contributed by atoms with Gasteiger partial charge in [-0.25, -0.2) is 4.39 Å². The molecule has 19 heavy (non-hydrogen) atoms. The number of hydrogen-bond donors (Lipinski definition) is 0. The van der Waals surface area contributed by atoms with Crippen LogP contribution >= 0.6 is 47.8 Å². The maximum absolute atomic E-state index is 13.0. The molecule has 0 amide bonds. The van der Waals surface area contributed by atoms with E-state index in [9.17, 15) is 4.39 Å². The summed E-state index contributed by atoms with van der Waals surface area (Å²) in [6.45, 7) is 0.260. The molecule has 1 heterocycles. The summed E-state index contributed by atoms with van der Waals surface area (Å²) >= 11 is 10.3. The molecule has 1 aromatic heterocycles. The molecule has 0 radical (unpaired) electrons. The number of aromatic nitrogens is 1. The van der Waals surface area contributed by atoms with Crippen LogP contribution in [0.1, 0.15) is 11.1 Å². The Morgan fingerprint density at radius 2 is 1.74 bits per heavy atom. The SMILES string of the molecule is Fc1cncc(COc2c(Br)cc(CBr)cc2Br)c1. The van der Waals surface area contributed by atoms with Crippen LogP contribution in [0.25, 0.3) is 0 Å². The molecule has 2 aromatic rings. The Hall–Kier alpha value is -0.460. The third-order valence-electron chi connectivity index (χ3n) is 2.36. The van der Waals surface area contributed by atoms with Gasteiger partial charge in [-0.2, -0.15) is 0 Å². The second-order valence-electron chi connectivity index (χ2n) is 3.82. The minimum absolute atomic E-state index is 0.260. The van der Waals surface area contributed by atoms with Gasteiger partial charge in [0.15, 0.2) is 0 Å². The molecule has 100 valence electrons. The summed E-state index contributed by atoms with van der Waals surface area (Å²) in [5.41, 5.74) is 1.81. The number of alkyl halides is 1. The molecule has 0 atom stereocenters. The molecule has 0 aliphatic rings. The molecule has 0 saturated heterocycles. The normalized spacial score (nSPS) is 10.5. The van der Waals surface area contributed by atoms with E-state index in [0.717, 1.165) is 19.8 Å². The number of pyridine rings is 1. The molecule has 1 aromatic carbocycles. The molecule has 0 saturated carbocycles. The van der Waals surface area contributed by atoms with E-state index in [1.54, 1.807) is 6.20 Å². The van der Waals surface area contributed by atoms with Crippen molar-refractivity contribution in [2.24, 2.45) is 0 Å². The van der Waals surface area contributed by atoms with Crippen molar-refractivity contribution in [3.8, 4) is 5.75 Å². The predicted octanol–water partition coefficient (Wildman–Crippen LogP) is 5.22. The van der Waals surface area contributed by atoms with Gasteiger partial charge in [-0.15, -0.1) is 0 Å². The first-order valence-electron chi connectivity index (χ1n) is 5.36. The fraction of sp³-hybridized carbons (Fsp3) is 0.154. The molecule has 6 heteroatoms. The van der Waals surface area contributed by atoms with Crippen molar-refractivity contribution < 1.29 is 9.13 Å². The number of hydrogen-bond acceptors (Lipinski definition) is 2. The predicted molar refractivity (Wildman–Crippen MR) is 83.0 cm³/mol. The number of nitrogens with zero attached hydrogens (tertiary/aromatic N) is 1. The zero-order valence-electron chi connectivity index (χ0n) is 9.67. The maximum Gasteiger partial charge on any atom is 0.148 e. The maximum atomic E-state index is 13.0. The molecular weight excluding hydrogens is 445 g/mol. The van der Waals surface area contributed by atoms with Crippen LogP contribution in [0.4, 0.5) is 4.39 Å². The molecule has 0 N–H and O–H groups in total. The zero-order chi connectivity index (χ0) is 13.8. The summed E-state index contributed by atoms with van der Waals surface area (Å²) < 4.78 is 20.4. The lowest BCUT2D eigenvalue weighted by Crippen LogP contribution is -1.98. The van der Waals surface area contributed by atoms with Crippen molar-refractivity contribution in [3.05, 3.63) is 56.5 Å². The summed E-state index contributed by atoms with van der Waals surface area (Å²) in [4.78, 5) is 3.78. The highest BCUT2D eigenvalue weighted by Gasteiger charge is 2.09. The minimum Gasteiger partial charge on any atom is -0.486 e. The number of benzene rings is 1. The lowest BCUT2D eigenvalue weighted by molar-refractivity contribution is 0.301. The number of halogens is 4. The first-order chi connectivity index (χ1) is 9.10. The smallest absolute Gasteiger partial charge is 0.148 e. The van der Waals surface area contributed by atoms with Crippen LogP contribution in [-0.4, -0.2) is 4.98 Å². The lowest BCUT2D eigenvalue weighted by Gasteiger charge is -2.11. The van der Waals surface area contributed by atoms with Gasteiger partial charge in [0.2, 0.25) is 0 Å². The van der Waals surface area contributed by atoms with Crippen LogP contribution in [0.5, 0.6) is 5.75 Å². The Bertz CT molecular complexity index is 569. The first-order valence-corrected chi connectivity index (χ1v) is 8.07. The largest absolute Gasteiger partial charge is 0.486 e. The molecule has 0 unspecified atom stereocenters. The number of rotatable bonds is 4. The minimum atomic E-state index is -0.367. The monoisotopic (exact) mass is 451 g/mol. The van der Waals surface area contributed by atoms with Crippen LogP contribution < -0.4 is 4.74 Å². The fourth-order valence-electron chi connectivity index (χ4n) is 1.52. The quantitative estimate of drug-likeness (QED) is 0.592. The fourth-order valence-corrected chi connectivity index (χ4v) is 3.35. The molecule has 0 aliphatic heterocycles. The topological polar surface area (TPSA) is 22.1 Å². The van der Waals surface area contributed by atoms with Gasteiger partial charge in [0, 0.05) is 17.1 Å². The van der Waals surface area contributed by atoms with Gasteiger partial charge >= 0.3 is 0 Å². The average molecular weight is 454 g/mol. The lowest BCUT2D eigenvalue weighted by atomic mass is 10.2. The molecule has 0 aliphatic carbocycles. The summed E-state index contributed by atoms with van der Waals surface area (Å²) in [6.07, 6.45) is 2.75. The first kappa shape index (κ1) is 14.9. The van der Waals surface area contributed by atoms with Gasteiger partial charge in [0.25, 0.3) is 0 Å². The van der Waals surface area contributed by atoms with Crippen LogP contribution in [0.15, 0.2) is 39.5 Å². The van der Waals surface area contributed by atoms with Gasteiger partial charge in [-0.1, -0.05) is 15.9 Å². The molecule has 2 nitrogen and oxygen atoms in total. The molecule has 0 bridgehead atoms. The van der Waals surface area contributed by atoms with Crippen LogP contribution in [0.3, 0.4) is 0 Å². The standard InChI is InChI=1S/C13H9Br3FNO/c14-4-8-2-11(15)13(12(16)3-8)19-7-9-1-10(17)6-18-5-9/h1-3,5-6H,4,7H2. The molecular formula is C13H9Br3FNO. The van der Waals surface area contributed by atoms with Gasteiger partial charge in [0.05, 0.1) is 15.1 Å². The van der Waals surface area contributed by atoms with Crippen molar-refractivity contribution in [2.75, 3.05) is 0 Å². The summed E-state index contributed by atoms with van der Waals surface area (Å²) in [5, 5.41) is 0.762. The Balaban J connectivity index is 2.16. The summed E-state index contributed by atoms with van der Waals surface area (Å²) in [5.74, 6) is 0.322. The Labute approximate surface area is 135 Å². The molecule has 2 rings (SSSR count). The van der Waals surface area contributed by atoms with Crippen LogP contribution in [-0.2, 0) is 11.9 Å². The third kappa shape index (κ3) is 4.00. The Kier molecular flexibility index (Phi) is 5.36. The van der Waals surface area contributed by atoms with E-state index in [1.165, 1.54) is 12.3 Å². The average Bonchev–Trinajstić information content (AvgIpc) is 2.37. The Morgan fingerprint density at radius 1 is 1.05 bits per heavy atom. The van der Waals surface area contributed by atoms with Crippen molar-refractivity contribution in [1.82, 2.24) is 4.98 Å². The van der Waals surface area contributed by atoms with E-state index in [4.69, 9.17) is 4.74 Å². The van der Waals surface area contributed by atoms with E-state index in [2.05, 4.69) is 52.8 Å². The Morgan fingerprint density at radius 3 is 2.32 bits per heavy atom. The summed E-state index contributed by atoms with van der Waals surface area (Å²) in [7, 11) is 0.